The van der Waals surface area contributed by atoms with Crippen LogP contribution in [0.2, 0.25) is 5.02 Å². The van der Waals surface area contributed by atoms with Crippen molar-refractivity contribution in [3.05, 3.63) is 46.0 Å². The SMILES string of the molecule is Nc1cc(Cl)cc(S(=O)(=O)Nc2ccccn2)c1Br. The molecule has 2 aromatic rings. The Morgan fingerprint density at radius 3 is 2.68 bits per heavy atom. The van der Waals surface area contributed by atoms with Crippen LogP contribution in [0, 0.1) is 0 Å². The third-order valence-electron chi connectivity index (χ3n) is 2.23. The summed E-state index contributed by atoms with van der Waals surface area (Å²) in [5, 5.41) is 0.238. The molecule has 3 N–H and O–H groups in total. The largest absolute Gasteiger partial charge is 0.398 e. The second kappa shape index (κ2) is 5.36. The third-order valence-corrected chi connectivity index (χ3v) is 4.97. The average molecular weight is 363 g/mol. The monoisotopic (exact) mass is 361 g/mol. The first-order chi connectivity index (χ1) is 8.90. The van der Waals surface area contributed by atoms with E-state index in [1.807, 2.05) is 0 Å². The summed E-state index contributed by atoms with van der Waals surface area (Å²) in [6, 6.07) is 7.68. The lowest BCUT2D eigenvalue weighted by Gasteiger charge is -2.10. The van der Waals surface area contributed by atoms with Gasteiger partial charge in [-0.05, 0) is 40.2 Å². The number of hydrogen-bond donors (Lipinski definition) is 2. The highest BCUT2D eigenvalue weighted by molar-refractivity contribution is 9.10. The lowest BCUT2D eigenvalue weighted by Crippen LogP contribution is -2.15. The number of nitrogens with two attached hydrogens (primary N) is 1. The molecule has 0 unspecified atom stereocenters. The zero-order valence-corrected chi connectivity index (χ0v) is 12.6. The fourth-order valence-corrected chi connectivity index (χ4v) is 3.70. The normalized spacial score (nSPS) is 11.3. The summed E-state index contributed by atoms with van der Waals surface area (Å²) in [5.74, 6) is 0.216. The zero-order valence-electron chi connectivity index (χ0n) is 9.47. The molecule has 1 aromatic heterocycles. The Kier molecular flexibility index (Phi) is 3.98. The minimum Gasteiger partial charge on any atom is -0.398 e. The van der Waals surface area contributed by atoms with Crippen LogP contribution in [0.3, 0.4) is 0 Å². The summed E-state index contributed by atoms with van der Waals surface area (Å²) in [6.07, 6.45) is 1.49. The van der Waals surface area contributed by atoms with Gasteiger partial charge in [0.2, 0.25) is 0 Å². The number of nitrogen functional groups attached to an aromatic ring is 1. The van der Waals surface area contributed by atoms with Crippen molar-refractivity contribution in [1.29, 1.82) is 0 Å². The molecule has 100 valence electrons. The van der Waals surface area contributed by atoms with Crippen molar-refractivity contribution in [2.45, 2.75) is 4.90 Å². The number of benzene rings is 1. The van der Waals surface area contributed by atoms with E-state index in [0.717, 1.165) is 0 Å². The number of sulfonamides is 1. The second-order valence-electron chi connectivity index (χ2n) is 3.63. The van der Waals surface area contributed by atoms with Crippen molar-refractivity contribution >= 4 is 49.1 Å². The Bertz CT molecular complexity index is 707. The van der Waals surface area contributed by atoms with Crippen molar-refractivity contribution in [1.82, 2.24) is 4.98 Å². The number of anilines is 2. The van der Waals surface area contributed by atoms with Crippen LogP contribution < -0.4 is 10.5 Å². The van der Waals surface area contributed by atoms with Crippen LogP contribution >= 0.6 is 27.5 Å². The van der Waals surface area contributed by atoms with E-state index in [1.54, 1.807) is 18.2 Å². The van der Waals surface area contributed by atoms with Crippen LogP contribution in [0.4, 0.5) is 11.5 Å². The molecule has 1 aromatic carbocycles. The van der Waals surface area contributed by atoms with Gasteiger partial charge in [-0.15, -0.1) is 0 Å². The van der Waals surface area contributed by atoms with Gasteiger partial charge < -0.3 is 5.73 Å². The van der Waals surface area contributed by atoms with E-state index in [2.05, 4.69) is 25.6 Å². The molecule has 0 atom stereocenters. The minimum absolute atomic E-state index is 0.0387. The first-order valence-corrected chi connectivity index (χ1v) is 7.74. The Hall–Kier alpha value is -1.31. The number of nitrogens with zero attached hydrogens (tertiary/aromatic N) is 1. The fourth-order valence-electron chi connectivity index (χ4n) is 1.40. The van der Waals surface area contributed by atoms with Gasteiger partial charge in [-0.1, -0.05) is 17.7 Å². The lowest BCUT2D eigenvalue weighted by molar-refractivity contribution is 0.600. The summed E-state index contributed by atoms with van der Waals surface area (Å²) in [5.41, 5.74) is 5.92. The Balaban J connectivity index is 2.46. The van der Waals surface area contributed by atoms with Crippen LogP contribution in [0.15, 0.2) is 45.9 Å². The van der Waals surface area contributed by atoms with Gasteiger partial charge in [0.25, 0.3) is 10.0 Å². The quantitative estimate of drug-likeness (QED) is 0.822. The van der Waals surface area contributed by atoms with Crippen LogP contribution in [0.25, 0.3) is 0 Å². The van der Waals surface area contributed by atoms with Crippen molar-refractivity contribution < 1.29 is 8.42 Å². The molecule has 0 saturated heterocycles. The average Bonchev–Trinajstić information content (AvgIpc) is 2.34. The maximum absolute atomic E-state index is 12.2. The molecule has 2 rings (SSSR count). The molecule has 5 nitrogen and oxygen atoms in total. The smallest absolute Gasteiger partial charge is 0.264 e. The molecule has 1 heterocycles. The number of hydrogen-bond acceptors (Lipinski definition) is 4. The van der Waals surface area contributed by atoms with Crippen LogP contribution in [0.1, 0.15) is 0 Å². The topological polar surface area (TPSA) is 85.1 Å². The maximum atomic E-state index is 12.2. The third kappa shape index (κ3) is 3.17. The molecule has 0 amide bonds. The van der Waals surface area contributed by atoms with E-state index < -0.39 is 10.0 Å². The Morgan fingerprint density at radius 2 is 2.05 bits per heavy atom. The number of aromatic nitrogens is 1. The van der Waals surface area contributed by atoms with Gasteiger partial charge in [0.05, 0.1) is 4.47 Å². The highest BCUT2D eigenvalue weighted by Crippen LogP contribution is 2.32. The predicted molar refractivity (Wildman–Crippen MR) is 78.6 cm³/mol. The van der Waals surface area contributed by atoms with Crippen LogP contribution in [-0.2, 0) is 10.0 Å². The highest BCUT2D eigenvalue weighted by atomic mass is 79.9. The molecule has 0 fully saturated rings. The summed E-state index contributed by atoms with van der Waals surface area (Å²) in [4.78, 5) is 3.86. The molecule has 0 radical (unpaired) electrons. The zero-order chi connectivity index (χ0) is 14.0. The van der Waals surface area contributed by atoms with Gasteiger partial charge in [-0.3, -0.25) is 4.72 Å². The van der Waals surface area contributed by atoms with E-state index in [-0.39, 0.29) is 25.9 Å². The number of rotatable bonds is 3. The molecule has 0 saturated carbocycles. The van der Waals surface area contributed by atoms with Crippen molar-refractivity contribution in [2.24, 2.45) is 0 Å². The highest BCUT2D eigenvalue weighted by Gasteiger charge is 2.20. The number of pyridine rings is 1. The molecular formula is C11H9BrClN3O2S. The molecule has 8 heteroatoms. The second-order valence-corrected chi connectivity index (χ2v) is 6.51. The van der Waals surface area contributed by atoms with E-state index in [0.29, 0.717) is 0 Å². The van der Waals surface area contributed by atoms with Crippen LogP contribution in [0.5, 0.6) is 0 Å². The first-order valence-electron chi connectivity index (χ1n) is 5.08. The molecular weight excluding hydrogens is 354 g/mol. The molecule has 0 aliphatic heterocycles. The van der Waals surface area contributed by atoms with E-state index in [1.165, 1.54) is 18.3 Å². The van der Waals surface area contributed by atoms with Gasteiger partial charge in [0.15, 0.2) is 0 Å². The maximum Gasteiger partial charge on any atom is 0.264 e. The molecule has 0 aliphatic rings. The molecule has 0 aliphatic carbocycles. The summed E-state index contributed by atoms with van der Waals surface area (Å²) in [7, 11) is -3.81. The fraction of sp³-hybridized carbons (Fsp3) is 0. The molecule has 19 heavy (non-hydrogen) atoms. The van der Waals surface area contributed by atoms with Gasteiger partial charge in [0.1, 0.15) is 10.7 Å². The number of halogens is 2. The van der Waals surface area contributed by atoms with E-state index in [4.69, 9.17) is 17.3 Å². The molecule has 0 bridgehead atoms. The number of nitrogens with one attached hydrogen (secondary N) is 1. The van der Waals surface area contributed by atoms with Gasteiger partial charge >= 0.3 is 0 Å². The Morgan fingerprint density at radius 1 is 1.32 bits per heavy atom. The van der Waals surface area contributed by atoms with Crippen molar-refractivity contribution in [3.8, 4) is 0 Å². The van der Waals surface area contributed by atoms with Gasteiger partial charge in [0, 0.05) is 16.9 Å². The summed E-state index contributed by atoms with van der Waals surface area (Å²) in [6.45, 7) is 0. The standard InChI is InChI=1S/C11H9BrClN3O2S/c12-11-8(14)5-7(13)6-9(11)19(17,18)16-10-3-1-2-4-15-10/h1-6H,14H2,(H,15,16). The first kappa shape index (κ1) is 14.1. The summed E-state index contributed by atoms with van der Waals surface area (Å²) < 4.78 is 27.1. The lowest BCUT2D eigenvalue weighted by atomic mass is 10.3. The van der Waals surface area contributed by atoms with Gasteiger partial charge in [-0.2, -0.15) is 0 Å². The summed E-state index contributed by atoms with van der Waals surface area (Å²) >= 11 is 8.96. The van der Waals surface area contributed by atoms with E-state index in [9.17, 15) is 8.42 Å². The Labute approximate surface area is 124 Å². The van der Waals surface area contributed by atoms with Crippen molar-refractivity contribution in [3.63, 3.8) is 0 Å². The predicted octanol–water partition coefficient (Wildman–Crippen LogP) is 2.88. The molecule has 0 spiro atoms. The van der Waals surface area contributed by atoms with Crippen LogP contribution in [-0.4, -0.2) is 13.4 Å². The van der Waals surface area contributed by atoms with E-state index >= 15 is 0 Å². The van der Waals surface area contributed by atoms with Crippen molar-refractivity contribution in [2.75, 3.05) is 10.5 Å². The minimum atomic E-state index is -3.81. The van der Waals surface area contributed by atoms with Gasteiger partial charge in [-0.25, -0.2) is 13.4 Å².